The molecule has 0 aliphatic heterocycles. The fourth-order valence-electron chi connectivity index (χ4n) is 2.53. The summed E-state index contributed by atoms with van der Waals surface area (Å²) in [6.45, 7) is 4.02. The zero-order chi connectivity index (χ0) is 17.0. The van der Waals surface area contributed by atoms with E-state index in [1.54, 1.807) is 7.11 Å². The highest BCUT2D eigenvalue weighted by Gasteiger charge is 2.17. The van der Waals surface area contributed by atoms with Crippen LogP contribution < -0.4 is 15.7 Å². The quantitative estimate of drug-likeness (QED) is 0.621. The third-order valence-electron chi connectivity index (χ3n) is 3.87. The zero-order valence-corrected chi connectivity index (χ0v) is 13.6. The van der Waals surface area contributed by atoms with E-state index in [1.807, 2.05) is 26.0 Å². The minimum atomic E-state index is -0.510. The van der Waals surface area contributed by atoms with Crippen LogP contribution in [0.15, 0.2) is 21.3 Å². The van der Waals surface area contributed by atoms with Crippen LogP contribution in [0, 0.1) is 13.8 Å². The molecule has 2 rings (SSSR count). The number of hydrogen-bond donors (Lipinski definition) is 2. The van der Waals surface area contributed by atoms with Gasteiger partial charge in [-0.15, -0.1) is 0 Å². The number of carbonyl (C=O) groups excluding carboxylic acids is 1. The largest absolute Gasteiger partial charge is 0.496 e. The van der Waals surface area contributed by atoms with Gasteiger partial charge in [-0.1, -0.05) is 0 Å². The summed E-state index contributed by atoms with van der Waals surface area (Å²) in [7, 11) is 1.56. The van der Waals surface area contributed by atoms with Crippen LogP contribution in [0.2, 0.25) is 0 Å². The fourth-order valence-corrected chi connectivity index (χ4v) is 2.53. The first-order valence-corrected chi connectivity index (χ1v) is 7.47. The standard InChI is InChI=1S/C17H21NO5/c1-10-12-5-6-14(22-3)11(2)16(12)23-17(21)13(10)9-15(20)18-7-4-8-19/h5-6,19H,4,7-9H2,1-3H3,(H,18,20). The summed E-state index contributed by atoms with van der Waals surface area (Å²) < 4.78 is 10.7. The predicted molar refractivity (Wildman–Crippen MR) is 86.9 cm³/mol. The van der Waals surface area contributed by atoms with Crippen molar-refractivity contribution in [1.29, 1.82) is 0 Å². The summed E-state index contributed by atoms with van der Waals surface area (Å²) in [6.07, 6.45) is 0.441. The Morgan fingerprint density at radius 2 is 2.04 bits per heavy atom. The van der Waals surface area contributed by atoms with Gasteiger partial charge in [0.2, 0.25) is 5.91 Å². The molecule has 2 N–H and O–H groups in total. The second kappa shape index (κ2) is 7.28. The molecule has 1 aromatic heterocycles. The van der Waals surface area contributed by atoms with Gasteiger partial charge in [0.1, 0.15) is 11.3 Å². The topological polar surface area (TPSA) is 88.8 Å². The summed E-state index contributed by atoms with van der Waals surface area (Å²) >= 11 is 0. The summed E-state index contributed by atoms with van der Waals surface area (Å²) in [5.74, 6) is 0.382. The van der Waals surface area contributed by atoms with Crippen LogP contribution in [0.25, 0.3) is 11.0 Å². The Bertz CT molecular complexity index is 779. The molecule has 0 saturated carbocycles. The van der Waals surface area contributed by atoms with Gasteiger partial charge in [-0.2, -0.15) is 0 Å². The van der Waals surface area contributed by atoms with Gasteiger partial charge in [-0.3, -0.25) is 4.79 Å². The molecule has 1 amide bonds. The number of rotatable bonds is 6. The van der Waals surface area contributed by atoms with Crippen molar-refractivity contribution in [2.24, 2.45) is 0 Å². The number of methoxy groups -OCH3 is 1. The average Bonchev–Trinajstić information content (AvgIpc) is 2.53. The molecule has 23 heavy (non-hydrogen) atoms. The van der Waals surface area contributed by atoms with Gasteiger partial charge >= 0.3 is 5.63 Å². The van der Waals surface area contributed by atoms with Crippen molar-refractivity contribution in [3.63, 3.8) is 0 Å². The van der Waals surface area contributed by atoms with Gasteiger partial charge in [0, 0.05) is 24.1 Å². The highest BCUT2D eigenvalue weighted by atomic mass is 16.5. The Labute approximate surface area is 134 Å². The third kappa shape index (κ3) is 3.53. The Morgan fingerprint density at radius 1 is 1.30 bits per heavy atom. The van der Waals surface area contributed by atoms with Crippen LogP contribution in [0.1, 0.15) is 23.1 Å². The molecule has 0 fully saturated rings. The summed E-state index contributed by atoms with van der Waals surface area (Å²) in [5, 5.41) is 12.2. The second-order valence-electron chi connectivity index (χ2n) is 5.37. The number of benzene rings is 1. The van der Waals surface area contributed by atoms with E-state index in [2.05, 4.69) is 5.32 Å². The lowest BCUT2D eigenvalue weighted by atomic mass is 10.0. The van der Waals surface area contributed by atoms with Gasteiger partial charge in [-0.25, -0.2) is 4.79 Å². The maximum atomic E-state index is 12.2. The van der Waals surface area contributed by atoms with Crippen LogP contribution in [-0.4, -0.2) is 31.3 Å². The molecule has 0 spiro atoms. The molecule has 0 aliphatic rings. The second-order valence-corrected chi connectivity index (χ2v) is 5.37. The average molecular weight is 319 g/mol. The molecule has 0 bridgehead atoms. The molecule has 0 aliphatic carbocycles. The first kappa shape index (κ1) is 17.0. The molecule has 1 aromatic carbocycles. The van der Waals surface area contributed by atoms with E-state index in [4.69, 9.17) is 14.3 Å². The maximum absolute atomic E-state index is 12.2. The molecule has 0 radical (unpaired) electrons. The van der Waals surface area contributed by atoms with Crippen molar-refractivity contribution in [3.8, 4) is 5.75 Å². The number of aliphatic hydroxyl groups is 1. The van der Waals surface area contributed by atoms with Crippen molar-refractivity contribution in [1.82, 2.24) is 5.32 Å². The van der Waals surface area contributed by atoms with E-state index in [0.717, 1.165) is 16.5 Å². The Balaban J connectivity index is 2.39. The van der Waals surface area contributed by atoms with Gasteiger partial charge in [-0.05, 0) is 38.0 Å². The third-order valence-corrected chi connectivity index (χ3v) is 3.87. The van der Waals surface area contributed by atoms with Crippen LogP contribution in [0.4, 0.5) is 0 Å². The lowest BCUT2D eigenvalue weighted by molar-refractivity contribution is -0.120. The minimum absolute atomic E-state index is 0.0124. The fraction of sp³-hybridized carbons (Fsp3) is 0.412. The van der Waals surface area contributed by atoms with E-state index in [-0.39, 0.29) is 18.9 Å². The van der Waals surface area contributed by atoms with E-state index >= 15 is 0 Å². The first-order valence-electron chi connectivity index (χ1n) is 7.47. The van der Waals surface area contributed by atoms with Crippen LogP contribution in [-0.2, 0) is 11.2 Å². The molecule has 6 nitrogen and oxygen atoms in total. The number of amides is 1. The Hall–Kier alpha value is -2.34. The molecule has 0 unspecified atom stereocenters. The number of carbonyl (C=O) groups is 1. The van der Waals surface area contributed by atoms with Crippen LogP contribution in [0.3, 0.4) is 0 Å². The van der Waals surface area contributed by atoms with E-state index in [9.17, 15) is 9.59 Å². The van der Waals surface area contributed by atoms with E-state index in [1.165, 1.54) is 0 Å². The summed E-state index contributed by atoms with van der Waals surface area (Å²) in [6, 6.07) is 3.64. The highest BCUT2D eigenvalue weighted by molar-refractivity contribution is 5.87. The van der Waals surface area contributed by atoms with Gasteiger partial charge in [0.25, 0.3) is 0 Å². The van der Waals surface area contributed by atoms with Crippen molar-refractivity contribution < 1.29 is 19.1 Å². The Kier molecular flexibility index (Phi) is 5.39. The molecule has 1 heterocycles. The molecular formula is C17H21NO5. The van der Waals surface area contributed by atoms with Crippen molar-refractivity contribution in [3.05, 3.63) is 39.2 Å². The number of ether oxygens (including phenoxy) is 1. The lowest BCUT2D eigenvalue weighted by Crippen LogP contribution is -2.29. The smallest absolute Gasteiger partial charge is 0.340 e. The number of aliphatic hydroxyl groups excluding tert-OH is 1. The maximum Gasteiger partial charge on any atom is 0.340 e. The van der Waals surface area contributed by atoms with Crippen LogP contribution >= 0.6 is 0 Å². The first-order chi connectivity index (χ1) is 11.0. The molecular weight excluding hydrogens is 298 g/mol. The van der Waals surface area contributed by atoms with Crippen molar-refractivity contribution in [2.75, 3.05) is 20.3 Å². The number of nitrogens with one attached hydrogen (secondary N) is 1. The molecule has 0 saturated heterocycles. The lowest BCUT2D eigenvalue weighted by Gasteiger charge is -2.11. The number of aryl methyl sites for hydroxylation is 2. The van der Waals surface area contributed by atoms with Gasteiger partial charge in [0.05, 0.1) is 19.1 Å². The minimum Gasteiger partial charge on any atom is -0.496 e. The van der Waals surface area contributed by atoms with Gasteiger partial charge in [0.15, 0.2) is 0 Å². The molecule has 6 heteroatoms. The number of hydrogen-bond acceptors (Lipinski definition) is 5. The van der Waals surface area contributed by atoms with E-state index < -0.39 is 5.63 Å². The molecule has 0 atom stereocenters. The molecule has 2 aromatic rings. The van der Waals surface area contributed by atoms with Gasteiger partial charge < -0.3 is 19.6 Å². The molecule has 124 valence electrons. The van der Waals surface area contributed by atoms with Crippen molar-refractivity contribution >= 4 is 16.9 Å². The summed E-state index contributed by atoms with van der Waals surface area (Å²) in [4.78, 5) is 24.1. The Morgan fingerprint density at radius 3 is 2.70 bits per heavy atom. The highest BCUT2D eigenvalue weighted by Crippen LogP contribution is 2.29. The monoisotopic (exact) mass is 319 g/mol. The van der Waals surface area contributed by atoms with E-state index in [0.29, 0.717) is 29.9 Å². The number of fused-ring (bicyclic) bond motifs is 1. The summed E-state index contributed by atoms with van der Waals surface area (Å²) in [5.41, 5.74) is 1.81. The van der Waals surface area contributed by atoms with Crippen molar-refractivity contribution in [2.45, 2.75) is 26.7 Å². The normalized spacial score (nSPS) is 10.8. The predicted octanol–water partition coefficient (Wildman–Crippen LogP) is 1.46. The zero-order valence-electron chi connectivity index (χ0n) is 13.6. The van der Waals surface area contributed by atoms with Crippen LogP contribution in [0.5, 0.6) is 5.75 Å². The SMILES string of the molecule is COc1ccc2c(C)c(CC(=O)NCCCO)c(=O)oc2c1C.